The molecule has 2 rings (SSSR count). The Morgan fingerprint density at radius 1 is 1.05 bits per heavy atom. The molecule has 10 heteroatoms. The van der Waals surface area contributed by atoms with Gasteiger partial charge in [-0.15, -0.1) is 0 Å². The van der Waals surface area contributed by atoms with E-state index >= 15 is 0 Å². The van der Waals surface area contributed by atoms with Crippen LogP contribution in [0, 0.1) is 0 Å². The maximum absolute atomic E-state index is 12.8. The molecule has 0 bridgehead atoms. The molecule has 0 aliphatic carbocycles. The number of rotatable bonds is 15. The molecule has 1 aliphatic rings. The van der Waals surface area contributed by atoms with Crippen LogP contribution in [0.1, 0.15) is 91.4 Å². The summed E-state index contributed by atoms with van der Waals surface area (Å²) >= 11 is -2.65. The fourth-order valence-electron chi connectivity index (χ4n) is 4.87. The molecule has 0 spiro atoms. The summed E-state index contributed by atoms with van der Waals surface area (Å²) in [5.41, 5.74) is -0.606. The average Bonchev–Trinajstić information content (AvgIpc) is 3.24. The number of esters is 2. The number of ether oxygens (including phenoxy) is 3. The number of aromatic nitrogens is 2. The zero-order valence-corrected chi connectivity index (χ0v) is 25.9. The third-order valence-corrected chi connectivity index (χ3v) is 21.0. The van der Waals surface area contributed by atoms with Gasteiger partial charge in [-0.05, 0) is 0 Å². The Bertz CT molecular complexity index is 1010. The number of H-pyrrole nitrogens is 1. The van der Waals surface area contributed by atoms with Gasteiger partial charge in [0.05, 0.1) is 0 Å². The van der Waals surface area contributed by atoms with Crippen LogP contribution >= 0.6 is 0 Å². The number of nitrogens with one attached hydrogen (secondary N) is 1. The van der Waals surface area contributed by atoms with Crippen molar-refractivity contribution in [1.29, 1.82) is 0 Å². The van der Waals surface area contributed by atoms with Crippen LogP contribution in [0.3, 0.4) is 0 Å². The van der Waals surface area contributed by atoms with Crippen molar-refractivity contribution in [3.8, 4) is 0 Å². The van der Waals surface area contributed by atoms with E-state index < -0.39 is 60.0 Å². The number of carbonyl (C=O) groups excluding carboxylic acids is 2. The summed E-state index contributed by atoms with van der Waals surface area (Å²) in [5.74, 6) is -0.971. The quantitative estimate of drug-likeness (QED) is 0.221. The summed E-state index contributed by atoms with van der Waals surface area (Å²) in [6, 6.07) is 0. The van der Waals surface area contributed by atoms with Crippen LogP contribution in [-0.2, 0) is 23.8 Å². The van der Waals surface area contributed by atoms with Crippen molar-refractivity contribution >= 4 is 36.4 Å². The van der Waals surface area contributed by atoms with Crippen molar-refractivity contribution in [2.75, 3.05) is 6.61 Å². The SMILES string of the molecule is CCC[CH2][Sn](/[CH]=C/c1cn([C@H]2C[C@H](OC(C)=O)[C@@H](COC(C)=O)O2)c(=O)[nH]c1=O)([CH2]CCC)[CH2]CCC. The summed E-state index contributed by atoms with van der Waals surface area (Å²) in [5, 5.41) is 0. The van der Waals surface area contributed by atoms with Gasteiger partial charge < -0.3 is 0 Å². The molecule has 1 aliphatic heterocycles. The molecule has 0 unspecified atom stereocenters. The third kappa shape index (κ3) is 9.74. The first-order chi connectivity index (χ1) is 17.6. The Labute approximate surface area is 223 Å². The van der Waals surface area contributed by atoms with Crippen LogP contribution in [0.25, 0.3) is 6.08 Å². The molecule has 1 N–H and O–H groups in total. The standard InChI is InChI=1S/C15H17N2O7.3C4H9.Sn/c1-4-10-6-17(15(21)16-14(10)20)13-5-11(23-9(3)19)12(24-13)7-22-8(2)18;3*1-3-4-2;/h1,4,6,11-13H,5,7H2,2-3H3,(H,16,20,21);3*1,3-4H2,2H3;/t11-,12+,13+;;;;/m0..../s1. The van der Waals surface area contributed by atoms with Gasteiger partial charge in [-0.3, -0.25) is 0 Å². The Balaban J connectivity index is 2.38. The number of unbranched alkanes of at least 4 members (excludes halogenated alkanes) is 3. The summed E-state index contributed by atoms with van der Waals surface area (Å²) in [7, 11) is 0. The van der Waals surface area contributed by atoms with Gasteiger partial charge >= 0.3 is 224 Å². The molecular weight excluding hydrogens is 583 g/mol. The van der Waals surface area contributed by atoms with Crippen molar-refractivity contribution in [2.24, 2.45) is 0 Å². The molecule has 0 radical (unpaired) electrons. The normalized spacial score (nSPS) is 19.9. The summed E-state index contributed by atoms with van der Waals surface area (Å²) in [6.07, 6.45) is 8.62. The van der Waals surface area contributed by atoms with Gasteiger partial charge in [-0.2, -0.15) is 0 Å². The average molecular weight is 627 g/mol. The van der Waals surface area contributed by atoms with Gasteiger partial charge in [0.1, 0.15) is 0 Å². The van der Waals surface area contributed by atoms with E-state index in [-0.39, 0.29) is 13.0 Å². The molecule has 3 atom stereocenters. The van der Waals surface area contributed by atoms with Gasteiger partial charge in [-0.25, -0.2) is 0 Å². The molecule has 2 heterocycles. The van der Waals surface area contributed by atoms with E-state index in [0.29, 0.717) is 5.56 Å². The Morgan fingerprint density at radius 3 is 2.16 bits per heavy atom. The van der Waals surface area contributed by atoms with Gasteiger partial charge in [0.15, 0.2) is 0 Å². The van der Waals surface area contributed by atoms with E-state index in [2.05, 4.69) is 29.8 Å². The molecule has 0 amide bonds. The minimum atomic E-state index is -2.65. The molecule has 0 saturated carbocycles. The van der Waals surface area contributed by atoms with E-state index in [4.69, 9.17) is 14.2 Å². The van der Waals surface area contributed by atoms with E-state index in [1.54, 1.807) is 0 Å². The summed E-state index contributed by atoms with van der Waals surface area (Å²) in [6.45, 7) is 9.14. The van der Waals surface area contributed by atoms with E-state index in [1.165, 1.54) is 57.2 Å². The van der Waals surface area contributed by atoms with Crippen LogP contribution in [0.5, 0.6) is 0 Å². The van der Waals surface area contributed by atoms with Gasteiger partial charge in [0, 0.05) is 0 Å². The number of carbonyl (C=O) groups is 2. The molecule has 1 aromatic rings. The van der Waals surface area contributed by atoms with Crippen LogP contribution in [-0.4, -0.2) is 58.7 Å². The van der Waals surface area contributed by atoms with E-state index in [0.717, 1.165) is 19.3 Å². The number of aromatic amines is 1. The van der Waals surface area contributed by atoms with Crippen molar-refractivity contribution in [2.45, 2.75) is 111 Å². The molecule has 37 heavy (non-hydrogen) atoms. The second-order valence-corrected chi connectivity index (χ2v) is 23.1. The van der Waals surface area contributed by atoms with E-state index in [1.807, 2.05) is 6.08 Å². The van der Waals surface area contributed by atoms with Crippen LogP contribution < -0.4 is 11.2 Å². The van der Waals surface area contributed by atoms with Gasteiger partial charge in [0.25, 0.3) is 0 Å². The van der Waals surface area contributed by atoms with Gasteiger partial charge in [0.2, 0.25) is 0 Å². The van der Waals surface area contributed by atoms with Crippen LogP contribution in [0.4, 0.5) is 0 Å². The van der Waals surface area contributed by atoms with Crippen LogP contribution in [0.2, 0.25) is 13.3 Å². The Hall–Kier alpha value is -1.88. The summed E-state index contributed by atoms with van der Waals surface area (Å²) in [4.78, 5) is 50.8. The van der Waals surface area contributed by atoms with Gasteiger partial charge in [-0.1, -0.05) is 0 Å². The fourth-order valence-corrected chi connectivity index (χ4v) is 19.0. The topological polar surface area (TPSA) is 117 Å². The Morgan fingerprint density at radius 2 is 1.65 bits per heavy atom. The molecule has 9 nitrogen and oxygen atoms in total. The maximum atomic E-state index is 12.8. The van der Waals surface area contributed by atoms with Crippen molar-refractivity contribution in [1.82, 2.24) is 9.55 Å². The zero-order valence-electron chi connectivity index (χ0n) is 23.0. The molecule has 1 saturated heterocycles. The molecule has 0 aromatic carbocycles. The predicted octanol–water partition coefficient (Wildman–Crippen LogP) is 4.72. The molecule has 1 fully saturated rings. The van der Waals surface area contributed by atoms with Crippen molar-refractivity contribution < 1.29 is 23.8 Å². The fraction of sp³-hybridized carbons (Fsp3) is 0.704. The first kappa shape index (κ1) is 31.3. The predicted molar refractivity (Wildman–Crippen MR) is 146 cm³/mol. The molecule has 208 valence electrons. The third-order valence-electron chi connectivity index (χ3n) is 6.96. The summed E-state index contributed by atoms with van der Waals surface area (Å²) < 4.78 is 23.9. The molecular formula is C27H44N2O7Sn. The molecule has 1 aromatic heterocycles. The first-order valence-electron chi connectivity index (χ1n) is 13.6. The first-order valence-corrected chi connectivity index (χ1v) is 21.4. The second kappa shape index (κ2) is 15.5. The van der Waals surface area contributed by atoms with E-state index in [9.17, 15) is 19.2 Å². The van der Waals surface area contributed by atoms with Crippen molar-refractivity contribution in [3.05, 3.63) is 36.7 Å². The zero-order chi connectivity index (χ0) is 27.4. The van der Waals surface area contributed by atoms with Crippen molar-refractivity contribution in [3.63, 3.8) is 0 Å². The second-order valence-electron chi connectivity index (χ2n) is 10.1. The number of nitrogens with zero attached hydrogens (tertiary/aromatic N) is 1. The minimum absolute atomic E-state index is 0.0993. The monoisotopic (exact) mass is 628 g/mol. The Kier molecular flexibility index (Phi) is 13.1. The number of hydrogen-bond donors (Lipinski definition) is 1. The number of hydrogen-bond acceptors (Lipinski definition) is 7. The van der Waals surface area contributed by atoms with Crippen LogP contribution in [0.15, 0.2) is 19.9 Å².